The van der Waals surface area contributed by atoms with Crippen LogP contribution in [0.15, 0.2) is 40.7 Å². The van der Waals surface area contributed by atoms with Crippen LogP contribution in [-0.4, -0.2) is 28.3 Å². The Morgan fingerprint density at radius 3 is 2.81 bits per heavy atom. The summed E-state index contributed by atoms with van der Waals surface area (Å²) in [6.07, 6.45) is 12.4. The summed E-state index contributed by atoms with van der Waals surface area (Å²) in [6.45, 7) is 0.977. The smallest absolute Gasteiger partial charge is 0.0993 e. The topological polar surface area (TPSA) is 21.1 Å². The molecular weight excluding hydrogens is 266 g/mol. The van der Waals surface area contributed by atoms with Crippen LogP contribution in [0.1, 0.15) is 5.69 Å². The molecule has 1 aliphatic rings. The van der Waals surface area contributed by atoms with E-state index in [-0.39, 0.29) is 0 Å². The highest BCUT2D eigenvalue weighted by Gasteiger charge is 2.01. The fraction of sp³-hybridized carbons (Fsp3) is 0.250. The molecule has 0 spiro atoms. The third-order valence-corrected chi connectivity index (χ3v) is 2.93. The number of hydrogen-bond donors (Lipinski definition) is 0. The zero-order chi connectivity index (χ0) is 11.5. The van der Waals surface area contributed by atoms with Crippen LogP contribution in [0.3, 0.4) is 0 Å². The molecule has 1 aromatic rings. The molecule has 0 N–H and O–H groups in total. The van der Waals surface area contributed by atoms with Crippen LogP contribution in [0, 0.1) is 0 Å². The molecule has 0 bridgehead atoms. The number of aromatic nitrogens is 2. The minimum Gasteiger partial charge on any atom is -0.376 e. The first-order valence-electron chi connectivity index (χ1n) is 5.11. The van der Waals surface area contributed by atoms with Gasteiger partial charge < -0.3 is 4.90 Å². The van der Waals surface area contributed by atoms with Crippen LogP contribution in [-0.2, 0) is 7.05 Å². The van der Waals surface area contributed by atoms with E-state index in [4.69, 9.17) is 0 Å². The minimum absolute atomic E-state index is 0.949. The second-order valence-electron chi connectivity index (χ2n) is 3.84. The Bertz CT molecular complexity index is 469. The van der Waals surface area contributed by atoms with Crippen molar-refractivity contribution in [3.63, 3.8) is 0 Å². The summed E-state index contributed by atoms with van der Waals surface area (Å²) >= 11 is 3.47. The standard InChI is InChI=1S/C12H14BrN3/c1-15-7-3-4-10(8-15)5-6-12-11(13)9-16(2)14-12/h3-6,8-9H,7H2,1-2H3/b6-5+. The number of likely N-dealkylation sites (N-methyl/N-ethyl adjacent to an activating group) is 1. The predicted octanol–water partition coefficient (Wildman–Crippen LogP) is 2.58. The number of rotatable bonds is 2. The highest BCUT2D eigenvalue weighted by atomic mass is 79.9. The Labute approximate surface area is 104 Å². The molecule has 1 aliphatic heterocycles. The number of hydrogen-bond acceptors (Lipinski definition) is 2. The molecule has 0 saturated carbocycles. The van der Waals surface area contributed by atoms with Gasteiger partial charge in [-0.3, -0.25) is 4.68 Å². The molecule has 1 aromatic heterocycles. The van der Waals surface area contributed by atoms with Gasteiger partial charge in [-0.05, 0) is 27.6 Å². The van der Waals surface area contributed by atoms with Gasteiger partial charge in [-0.2, -0.15) is 5.10 Å². The first-order chi connectivity index (χ1) is 7.65. The lowest BCUT2D eigenvalue weighted by atomic mass is 10.2. The monoisotopic (exact) mass is 279 g/mol. The van der Waals surface area contributed by atoms with Crippen molar-refractivity contribution in [2.75, 3.05) is 13.6 Å². The zero-order valence-corrected chi connectivity index (χ0v) is 11.0. The molecule has 3 nitrogen and oxygen atoms in total. The number of halogens is 1. The van der Waals surface area contributed by atoms with Crippen LogP contribution < -0.4 is 0 Å². The molecule has 16 heavy (non-hydrogen) atoms. The van der Waals surface area contributed by atoms with Crippen molar-refractivity contribution in [2.45, 2.75) is 0 Å². The van der Waals surface area contributed by atoms with Crippen LogP contribution in [0.4, 0.5) is 0 Å². The molecule has 0 aromatic carbocycles. The lowest BCUT2D eigenvalue weighted by molar-refractivity contribution is 0.502. The van der Waals surface area contributed by atoms with Crippen LogP contribution in [0.5, 0.6) is 0 Å². The van der Waals surface area contributed by atoms with Gasteiger partial charge in [0.15, 0.2) is 0 Å². The number of allylic oxidation sites excluding steroid dienone is 3. The largest absolute Gasteiger partial charge is 0.376 e. The Morgan fingerprint density at radius 1 is 1.38 bits per heavy atom. The van der Waals surface area contributed by atoms with Gasteiger partial charge in [-0.25, -0.2) is 0 Å². The maximum absolute atomic E-state index is 4.33. The van der Waals surface area contributed by atoms with Crippen molar-refractivity contribution < 1.29 is 0 Å². The van der Waals surface area contributed by atoms with Gasteiger partial charge in [0.2, 0.25) is 0 Å². The normalized spacial score (nSPS) is 15.9. The fourth-order valence-electron chi connectivity index (χ4n) is 1.57. The first kappa shape index (κ1) is 11.2. The summed E-state index contributed by atoms with van der Waals surface area (Å²) < 4.78 is 2.81. The molecule has 0 radical (unpaired) electrons. The van der Waals surface area contributed by atoms with Gasteiger partial charge in [-0.1, -0.05) is 18.2 Å². The first-order valence-corrected chi connectivity index (χ1v) is 5.90. The van der Waals surface area contributed by atoms with Gasteiger partial charge in [0.25, 0.3) is 0 Å². The molecule has 0 unspecified atom stereocenters. The maximum atomic E-state index is 4.33. The molecular formula is C12H14BrN3. The van der Waals surface area contributed by atoms with E-state index in [1.54, 1.807) is 4.68 Å². The van der Waals surface area contributed by atoms with E-state index in [9.17, 15) is 0 Å². The molecule has 0 atom stereocenters. The van der Waals surface area contributed by atoms with Gasteiger partial charge in [0, 0.05) is 33.0 Å². The van der Waals surface area contributed by atoms with Crippen LogP contribution in [0.25, 0.3) is 6.08 Å². The minimum atomic E-state index is 0.949. The SMILES string of the molecule is CN1C=C(/C=C/c2nn(C)cc2Br)C=CC1. The molecule has 2 heterocycles. The Morgan fingerprint density at radius 2 is 2.19 bits per heavy atom. The highest BCUT2D eigenvalue weighted by molar-refractivity contribution is 9.10. The van der Waals surface area contributed by atoms with Crippen molar-refractivity contribution >= 4 is 22.0 Å². The molecule has 0 saturated heterocycles. The molecule has 84 valence electrons. The van der Waals surface area contributed by atoms with Crippen molar-refractivity contribution in [2.24, 2.45) is 7.05 Å². The van der Waals surface area contributed by atoms with E-state index in [1.165, 1.54) is 5.57 Å². The summed E-state index contributed by atoms with van der Waals surface area (Å²) in [5.41, 5.74) is 2.14. The molecule has 0 aliphatic carbocycles. The van der Waals surface area contributed by atoms with E-state index < -0.39 is 0 Å². The number of aryl methyl sites for hydroxylation is 1. The third kappa shape index (κ3) is 2.64. The summed E-state index contributed by atoms with van der Waals surface area (Å²) in [7, 11) is 3.98. The summed E-state index contributed by atoms with van der Waals surface area (Å²) in [6, 6.07) is 0. The van der Waals surface area contributed by atoms with Gasteiger partial charge in [-0.15, -0.1) is 0 Å². The van der Waals surface area contributed by atoms with E-state index in [2.05, 4.69) is 57.4 Å². The second-order valence-corrected chi connectivity index (χ2v) is 4.69. The van der Waals surface area contributed by atoms with E-state index in [0.29, 0.717) is 0 Å². The van der Waals surface area contributed by atoms with Crippen molar-refractivity contribution in [3.8, 4) is 0 Å². The Balaban J connectivity index is 2.15. The van der Waals surface area contributed by atoms with E-state index >= 15 is 0 Å². The molecule has 2 rings (SSSR count). The van der Waals surface area contributed by atoms with Crippen molar-refractivity contribution in [1.29, 1.82) is 0 Å². The predicted molar refractivity (Wildman–Crippen MR) is 69.8 cm³/mol. The average molecular weight is 280 g/mol. The van der Waals surface area contributed by atoms with Gasteiger partial charge >= 0.3 is 0 Å². The van der Waals surface area contributed by atoms with Gasteiger partial charge in [0.1, 0.15) is 0 Å². The third-order valence-electron chi connectivity index (χ3n) is 2.32. The summed E-state index contributed by atoms with van der Waals surface area (Å²) in [4.78, 5) is 2.15. The Hall–Kier alpha value is -1.29. The molecule has 4 heteroatoms. The number of nitrogens with zero attached hydrogens (tertiary/aromatic N) is 3. The molecule has 0 amide bonds. The second kappa shape index (κ2) is 4.70. The van der Waals surface area contributed by atoms with Crippen LogP contribution >= 0.6 is 15.9 Å². The van der Waals surface area contributed by atoms with Gasteiger partial charge in [0.05, 0.1) is 10.2 Å². The summed E-state index contributed by atoms with van der Waals surface area (Å²) in [5, 5.41) is 4.33. The molecule has 0 fully saturated rings. The quantitative estimate of drug-likeness (QED) is 0.830. The fourth-order valence-corrected chi connectivity index (χ4v) is 2.08. The lowest BCUT2D eigenvalue weighted by Gasteiger charge is -2.15. The summed E-state index contributed by atoms with van der Waals surface area (Å²) in [5.74, 6) is 0. The van der Waals surface area contributed by atoms with E-state index in [0.717, 1.165) is 16.7 Å². The van der Waals surface area contributed by atoms with Crippen molar-refractivity contribution in [1.82, 2.24) is 14.7 Å². The van der Waals surface area contributed by atoms with E-state index in [1.807, 2.05) is 19.3 Å². The maximum Gasteiger partial charge on any atom is 0.0993 e. The van der Waals surface area contributed by atoms with Crippen LogP contribution in [0.2, 0.25) is 0 Å². The van der Waals surface area contributed by atoms with Crippen molar-refractivity contribution in [3.05, 3.63) is 46.4 Å². The Kier molecular flexibility index (Phi) is 3.29. The average Bonchev–Trinajstić information content (AvgIpc) is 2.54. The highest BCUT2D eigenvalue weighted by Crippen LogP contribution is 2.17. The zero-order valence-electron chi connectivity index (χ0n) is 9.39. The lowest BCUT2D eigenvalue weighted by Crippen LogP contribution is -2.13.